The van der Waals surface area contributed by atoms with Crippen molar-refractivity contribution in [1.82, 2.24) is 4.57 Å². The van der Waals surface area contributed by atoms with Crippen LogP contribution in [0.15, 0.2) is 103 Å². The van der Waals surface area contributed by atoms with E-state index in [9.17, 15) is 0 Å². The summed E-state index contributed by atoms with van der Waals surface area (Å²) in [5, 5.41) is 2.58. The number of hydrogen-bond acceptors (Lipinski definition) is 0. The summed E-state index contributed by atoms with van der Waals surface area (Å²) in [6, 6.07) is 36.3. The number of para-hydroxylation sites is 2. The molecule has 27 heavy (non-hydrogen) atoms. The minimum absolute atomic E-state index is 1.19. The average Bonchev–Trinajstić information content (AvgIpc) is 3.07. The van der Waals surface area contributed by atoms with Gasteiger partial charge in [-0.2, -0.15) is 0 Å². The van der Waals surface area contributed by atoms with Crippen LogP contribution in [0.5, 0.6) is 0 Å². The largest absolute Gasteiger partial charge is 0.316 e. The van der Waals surface area contributed by atoms with Gasteiger partial charge < -0.3 is 4.57 Å². The van der Waals surface area contributed by atoms with Gasteiger partial charge in [0.1, 0.15) is 0 Å². The van der Waals surface area contributed by atoms with Crippen molar-refractivity contribution < 1.29 is 0 Å². The topological polar surface area (TPSA) is 4.93 Å². The highest BCUT2D eigenvalue weighted by Gasteiger charge is 2.07. The predicted molar refractivity (Wildman–Crippen MR) is 117 cm³/mol. The Morgan fingerprint density at radius 3 is 1.63 bits per heavy atom. The highest BCUT2D eigenvalue weighted by atomic mass is 14.9. The molecule has 0 N–H and O–H groups in total. The number of rotatable bonds is 3. The highest BCUT2D eigenvalue weighted by molar-refractivity contribution is 6.09. The van der Waals surface area contributed by atoms with Crippen molar-refractivity contribution in [2.45, 2.75) is 0 Å². The summed E-state index contributed by atoms with van der Waals surface area (Å²) in [7, 11) is 0. The zero-order valence-electron chi connectivity index (χ0n) is 14.9. The summed E-state index contributed by atoms with van der Waals surface area (Å²) < 4.78 is 2.27. The van der Waals surface area contributed by atoms with Gasteiger partial charge in [-0.25, -0.2) is 0 Å². The molecule has 0 aliphatic rings. The number of nitrogens with zero attached hydrogens (tertiary/aromatic N) is 1. The molecular weight excluding hydrogens is 326 g/mol. The van der Waals surface area contributed by atoms with Crippen LogP contribution in [0, 0.1) is 0 Å². The van der Waals surface area contributed by atoms with E-state index in [-0.39, 0.29) is 0 Å². The van der Waals surface area contributed by atoms with E-state index in [1.165, 1.54) is 38.5 Å². The third-order valence-corrected chi connectivity index (χ3v) is 5.05. The van der Waals surface area contributed by atoms with Crippen molar-refractivity contribution in [1.29, 1.82) is 0 Å². The van der Waals surface area contributed by atoms with Gasteiger partial charge in [-0.3, -0.25) is 0 Å². The number of fused-ring (bicyclic) bond motifs is 3. The maximum absolute atomic E-state index is 2.27. The molecule has 0 unspecified atom stereocenters. The Labute approximate surface area is 158 Å². The molecule has 1 aromatic heterocycles. The average molecular weight is 345 g/mol. The fraction of sp³-hybridized carbons (Fsp3) is 0. The molecule has 0 atom stereocenters. The first-order valence-electron chi connectivity index (χ1n) is 9.21. The van der Waals surface area contributed by atoms with E-state index in [0.717, 1.165) is 0 Å². The number of benzene rings is 4. The van der Waals surface area contributed by atoms with Crippen molar-refractivity contribution in [2.24, 2.45) is 0 Å². The summed E-state index contributed by atoms with van der Waals surface area (Å²) in [6.45, 7) is 0. The molecule has 5 aromatic rings. The molecule has 0 radical (unpaired) electrons. The molecular formula is C26H19N. The van der Waals surface area contributed by atoms with Gasteiger partial charge in [-0.1, -0.05) is 91.0 Å². The lowest BCUT2D eigenvalue weighted by Gasteiger charge is -2.03. The molecule has 0 amide bonds. The van der Waals surface area contributed by atoms with Crippen LogP contribution in [0.2, 0.25) is 0 Å². The van der Waals surface area contributed by atoms with Crippen LogP contribution in [-0.2, 0) is 0 Å². The second-order valence-electron chi connectivity index (χ2n) is 6.71. The summed E-state index contributed by atoms with van der Waals surface area (Å²) >= 11 is 0. The molecule has 128 valence electrons. The quantitative estimate of drug-likeness (QED) is 0.329. The van der Waals surface area contributed by atoms with Crippen LogP contribution < -0.4 is 0 Å². The van der Waals surface area contributed by atoms with Crippen molar-refractivity contribution in [3.8, 4) is 11.1 Å². The third-order valence-electron chi connectivity index (χ3n) is 5.05. The van der Waals surface area contributed by atoms with Crippen LogP contribution in [0.3, 0.4) is 0 Å². The van der Waals surface area contributed by atoms with Crippen molar-refractivity contribution >= 4 is 34.1 Å². The van der Waals surface area contributed by atoms with Gasteiger partial charge in [-0.05, 0) is 34.9 Å². The Kier molecular flexibility index (Phi) is 3.84. The molecule has 0 saturated carbocycles. The van der Waals surface area contributed by atoms with Gasteiger partial charge in [0.05, 0.1) is 11.0 Å². The Morgan fingerprint density at radius 1 is 0.481 bits per heavy atom. The summed E-state index contributed by atoms with van der Waals surface area (Å²) in [5.74, 6) is 0. The van der Waals surface area contributed by atoms with Crippen LogP contribution in [-0.4, -0.2) is 4.57 Å². The Bertz CT molecular complexity index is 1190. The van der Waals surface area contributed by atoms with Crippen LogP contribution >= 0.6 is 0 Å². The van der Waals surface area contributed by atoms with E-state index in [1.807, 2.05) is 6.07 Å². The first-order valence-corrected chi connectivity index (χ1v) is 9.21. The van der Waals surface area contributed by atoms with E-state index in [0.29, 0.717) is 0 Å². The van der Waals surface area contributed by atoms with Crippen LogP contribution in [0.1, 0.15) is 5.56 Å². The molecule has 0 fully saturated rings. The zero-order chi connectivity index (χ0) is 18.1. The molecule has 4 aromatic carbocycles. The van der Waals surface area contributed by atoms with Gasteiger partial charge in [0.25, 0.3) is 0 Å². The fourth-order valence-corrected chi connectivity index (χ4v) is 3.69. The fourth-order valence-electron chi connectivity index (χ4n) is 3.69. The summed E-state index contributed by atoms with van der Waals surface area (Å²) in [6.07, 6.45) is 4.34. The molecule has 1 nitrogen and oxygen atoms in total. The van der Waals surface area contributed by atoms with Crippen molar-refractivity contribution in [2.75, 3.05) is 0 Å². The lowest BCUT2D eigenvalue weighted by Crippen LogP contribution is -1.85. The highest BCUT2D eigenvalue weighted by Crippen LogP contribution is 2.29. The Hall–Kier alpha value is -3.58. The van der Waals surface area contributed by atoms with E-state index in [2.05, 4.69) is 114 Å². The first kappa shape index (κ1) is 15.7. The van der Waals surface area contributed by atoms with Gasteiger partial charge >= 0.3 is 0 Å². The summed E-state index contributed by atoms with van der Waals surface area (Å²) in [4.78, 5) is 0. The molecule has 1 heteroatoms. The molecule has 0 aliphatic carbocycles. The maximum atomic E-state index is 2.27. The lowest BCUT2D eigenvalue weighted by molar-refractivity contribution is 1.30. The molecule has 0 saturated heterocycles. The Balaban J connectivity index is 1.54. The molecule has 5 rings (SSSR count). The number of aromatic nitrogens is 1. The van der Waals surface area contributed by atoms with Gasteiger partial charge in [0, 0.05) is 17.0 Å². The van der Waals surface area contributed by atoms with E-state index in [1.54, 1.807) is 0 Å². The SMILES string of the molecule is C(=C\n1c2ccccc2c2ccccc21)/c1ccc(-c2ccccc2)cc1. The number of hydrogen-bond donors (Lipinski definition) is 0. The zero-order valence-corrected chi connectivity index (χ0v) is 14.9. The molecule has 0 bridgehead atoms. The van der Waals surface area contributed by atoms with Crippen molar-refractivity contribution in [3.63, 3.8) is 0 Å². The standard InChI is InChI=1S/C26H19N/c1-2-8-21(9-3-1)22-16-14-20(15-17-22)18-19-27-25-12-6-4-10-23(25)24-11-5-7-13-26(24)27/h1-19H/b19-18+. The Morgan fingerprint density at radius 2 is 1.00 bits per heavy atom. The molecule has 0 spiro atoms. The van der Waals surface area contributed by atoms with Crippen molar-refractivity contribution in [3.05, 3.63) is 109 Å². The molecule has 0 aliphatic heterocycles. The minimum Gasteiger partial charge on any atom is -0.316 e. The van der Waals surface area contributed by atoms with Gasteiger partial charge in [0.2, 0.25) is 0 Å². The second-order valence-corrected chi connectivity index (χ2v) is 6.71. The summed E-state index contributed by atoms with van der Waals surface area (Å²) in [5.41, 5.74) is 6.14. The maximum Gasteiger partial charge on any atom is 0.0534 e. The lowest BCUT2D eigenvalue weighted by atomic mass is 10.0. The van der Waals surface area contributed by atoms with Crippen LogP contribution in [0.25, 0.3) is 45.2 Å². The normalized spacial score (nSPS) is 11.6. The monoisotopic (exact) mass is 345 g/mol. The third kappa shape index (κ3) is 2.84. The molecule has 1 heterocycles. The minimum atomic E-state index is 1.19. The van der Waals surface area contributed by atoms with Crippen LogP contribution in [0.4, 0.5) is 0 Å². The van der Waals surface area contributed by atoms with E-state index < -0.39 is 0 Å². The first-order chi connectivity index (χ1) is 13.4. The van der Waals surface area contributed by atoms with E-state index in [4.69, 9.17) is 0 Å². The second kappa shape index (κ2) is 6.62. The smallest absolute Gasteiger partial charge is 0.0534 e. The van der Waals surface area contributed by atoms with Gasteiger partial charge in [0.15, 0.2) is 0 Å². The predicted octanol–water partition coefficient (Wildman–Crippen LogP) is 7.09. The van der Waals surface area contributed by atoms with Gasteiger partial charge in [-0.15, -0.1) is 0 Å². The van der Waals surface area contributed by atoms with E-state index >= 15 is 0 Å².